The van der Waals surface area contributed by atoms with Crippen molar-refractivity contribution in [3.63, 3.8) is 0 Å². The summed E-state index contributed by atoms with van der Waals surface area (Å²) in [5.41, 5.74) is 6.50. The second-order valence-electron chi connectivity index (χ2n) is 8.05. The first-order valence-corrected chi connectivity index (χ1v) is 10.2. The second kappa shape index (κ2) is 7.18. The highest BCUT2D eigenvalue weighted by Crippen LogP contribution is 2.30. The molecule has 1 aliphatic rings. The molecule has 1 aliphatic heterocycles. The number of anilines is 2. The fourth-order valence-electron chi connectivity index (χ4n) is 4.26. The van der Waals surface area contributed by atoms with Crippen LogP contribution in [0.4, 0.5) is 11.5 Å². The normalized spacial score (nSPS) is 14.2. The van der Waals surface area contributed by atoms with Gasteiger partial charge in [0.1, 0.15) is 5.76 Å². The maximum absolute atomic E-state index is 12.3. The molecule has 30 heavy (non-hydrogen) atoms. The lowest BCUT2D eigenvalue weighted by Crippen LogP contribution is -2.30. The van der Waals surface area contributed by atoms with Crippen molar-refractivity contribution in [1.29, 1.82) is 0 Å². The number of para-hydroxylation sites is 1. The summed E-state index contributed by atoms with van der Waals surface area (Å²) in [6.07, 6.45) is 0.837. The number of hydrogen-bond acceptors (Lipinski definition) is 5. The molecule has 0 saturated carbocycles. The van der Waals surface area contributed by atoms with Crippen LogP contribution in [0.5, 0.6) is 0 Å². The molecule has 7 heteroatoms. The number of nitrogens with zero attached hydrogens (tertiary/aromatic N) is 4. The lowest BCUT2D eigenvalue weighted by molar-refractivity contribution is 0.228. The summed E-state index contributed by atoms with van der Waals surface area (Å²) < 4.78 is 9.01. The van der Waals surface area contributed by atoms with E-state index in [9.17, 15) is 4.79 Å². The van der Waals surface area contributed by atoms with E-state index in [0.29, 0.717) is 0 Å². The van der Waals surface area contributed by atoms with Crippen LogP contribution in [-0.2, 0) is 33.6 Å². The van der Waals surface area contributed by atoms with Gasteiger partial charge in [0.2, 0.25) is 0 Å². The number of nitrogens with one attached hydrogen (secondary N) is 1. The van der Waals surface area contributed by atoms with Gasteiger partial charge in [-0.1, -0.05) is 23.4 Å². The van der Waals surface area contributed by atoms with E-state index in [1.165, 1.54) is 11.1 Å². The van der Waals surface area contributed by atoms with Gasteiger partial charge in [-0.3, -0.25) is 14.0 Å². The number of imidazole rings is 1. The minimum absolute atomic E-state index is 0.00487. The molecule has 0 atom stereocenters. The molecule has 5 rings (SSSR count). The minimum Gasteiger partial charge on any atom is -0.359 e. The van der Waals surface area contributed by atoms with Crippen LogP contribution in [0.2, 0.25) is 0 Å². The molecule has 0 bridgehead atoms. The van der Waals surface area contributed by atoms with E-state index in [2.05, 4.69) is 34.4 Å². The van der Waals surface area contributed by atoms with Crippen molar-refractivity contribution in [3.8, 4) is 0 Å². The molecule has 7 nitrogen and oxygen atoms in total. The average Bonchev–Trinajstić information content (AvgIpc) is 3.24. The molecule has 0 fully saturated rings. The van der Waals surface area contributed by atoms with Gasteiger partial charge in [0, 0.05) is 45.8 Å². The van der Waals surface area contributed by atoms with Crippen LogP contribution in [0, 0.1) is 6.92 Å². The molecular weight excluding hydrogens is 378 g/mol. The summed E-state index contributed by atoms with van der Waals surface area (Å²) >= 11 is 0. The summed E-state index contributed by atoms with van der Waals surface area (Å²) in [5.74, 6) is 1.75. The van der Waals surface area contributed by atoms with Gasteiger partial charge >= 0.3 is 5.69 Å². The summed E-state index contributed by atoms with van der Waals surface area (Å²) in [7, 11) is 3.65. The molecule has 1 N–H and O–H groups in total. The van der Waals surface area contributed by atoms with Gasteiger partial charge < -0.3 is 9.84 Å². The molecule has 4 aromatic rings. The number of rotatable bonds is 4. The van der Waals surface area contributed by atoms with Gasteiger partial charge in [-0.25, -0.2) is 4.79 Å². The zero-order valence-corrected chi connectivity index (χ0v) is 17.5. The number of hydrogen-bond donors (Lipinski definition) is 1. The van der Waals surface area contributed by atoms with Crippen LogP contribution in [0.15, 0.2) is 51.8 Å². The van der Waals surface area contributed by atoms with Crippen molar-refractivity contribution < 1.29 is 4.52 Å². The molecule has 0 spiro atoms. The molecular formula is C23H25N5O2. The summed E-state index contributed by atoms with van der Waals surface area (Å²) in [6, 6.07) is 14.3. The van der Waals surface area contributed by atoms with Crippen LogP contribution >= 0.6 is 0 Å². The van der Waals surface area contributed by atoms with Gasteiger partial charge in [-0.15, -0.1) is 0 Å². The highest BCUT2D eigenvalue weighted by molar-refractivity contribution is 5.78. The molecule has 2 aromatic carbocycles. The van der Waals surface area contributed by atoms with Crippen LogP contribution in [-0.4, -0.2) is 25.7 Å². The second-order valence-corrected chi connectivity index (χ2v) is 8.05. The first-order valence-electron chi connectivity index (χ1n) is 10.2. The minimum atomic E-state index is 0.00487. The van der Waals surface area contributed by atoms with Gasteiger partial charge in [0.25, 0.3) is 0 Å². The fourth-order valence-corrected chi connectivity index (χ4v) is 4.26. The molecule has 0 amide bonds. The van der Waals surface area contributed by atoms with E-state index in [1.54, 1.807) is 9.13 Å². The predicted molar refractivity (Wildman–Crippen MR) is 117 cm³/mol. The first kappa shape index (κ1) is 18.7. The molecule has 3 heterocycles. The van der Waals surface area contributed by atoms with Crippen LogP contribution < -0.4 is 11.0 Å². The summed E-state index contributed by atoms with van der Waals surface area (Å²) in [4.78, 5) is 14.7. The Labute approximate surface area is 174 Å². The van der Waals surface area contributed by atoms with Crippen molar-refractivity contribution >= 4 is 22.5 Å². The van der Waals surface area contributed by atoms with Gasteiger partial charge in [-0.05, 0) is 42.3 Å². The number of aromatic nitrogens is 3. The number of aryl methyl sites for hydroxylation is 3. The molecule has 2 aromatic heterocycles. The van der Waals surface area contributed by atoms with Crippen molar-refractivity contribution in [2.24, 2.45) is 14.1 Å². The Morgan fingerprint density at radius 3 is 2.60 bits per heavy atom. The SMILES string of the molecule is Cc1cc2c(cc1CN1CCc3onc(Nc4ccccc4)c3C1)n(C)c(=O)n2C. The lowest BCUT2D eigenvalue weighted by atomic mass is 10.0. The Morgan fingerprint density at radius 1 is 1.10 bits per heavy atom. The third-order valence-electron chi connectivity index (χ3n) is 6.07. The van der Waals surface area contributed by atoms with E-state index in [4.69, 9.17) is 4.52 Å². The number of benzene rings is 2. The lowest BCUT2D eigenvalue weighted by Gasteiger charge is -2.26. The smallest absolute Gasteiger partial charge is 0.328 e. The Bertz CT molecular complexity index is 1280. The van der Waals surface area contributed by atoms with Gasteiger partial charge in [0.15, 0.2) is 5.82 Å². The zero-order valence-electron chi connectivity index (χ0n) is 17.5. The van der Waals surface area contributed by atoms with Crippen LogP contribution in [0.25, 0.3) is 11.0 Å². The van der Waals surface area contributed by atoms with E-state index >= 15 is 0 Å². The molecule has 154 valence electrons. The standard InChI is InChI=1S/C23H25N5O2/c1-15-11-19-20(27(3)23(29)26(19)2)12-16(15)13-28-10-9-21-18(14-28)22(25-30-21)24-17-7-5-4-6-8-17/h4-8,11-12H,9-10,13-14H2,1-3H3,(H,24,25). The maximum Gasteiger partial charge on any atom is 0.328 e. The Balaban J connectivity index is 1.41. The zero-order chi connectivity index (χ0) is 20.8. The third-order valence-corrected chi connectivity index (χ3v) is 6.07. The summed E-state index contributed by atoms with van der Waals surface area (Å²) in [5, 5.41) is 7.64. The molecule has 0 unspecified atom stereocenters. The number of fused-ring (bicyclic) bond motifs is 2. The van der Waals surface area contributed by atoms with E-state index in [-0.39, 0.29) is 5.69 Å². The summed E-state index contributed by atoms with van der Waals surface area (Å²) in [6.45, 7) is 4.63. The van der Waals surface area contributed by atoms with E-state index in [1.807, 2.05) is 44.4 Å². The third kappa shape index (κ3) is 3.11. The topological polar surface area (TPSA) is 68.2 Å². The van der Waals surface area contributed by atoms with E-state index in [0.717, 1.165) is 59.9 Å². The monoisotopic (exact) mass is 403 g/mol. The van der Waals surface area contributed by atoms with Gasteiger partial charge in [-0.2, -0.15) is 0 Å². The van der Waals surface area contributed by atoms with Crippen molar-refractivity contribution in [2.45, 2.75) is 26.4 Å². The molecule has 0 radical (unpaired) electrons. The van der Waals surface area contributed by atoms with Crippen LogP contribution in [0.1, 0.15) is 22.5 Å². The Hall–Kier alpha value is -3.32. The van der Waals surface area contributed by atoms with Crippen LogP contribution in [0.3, 0.4) is 0 Å². The predicted octanol–water partition coefficient (Wildman–Crippen LogP) is 3.48. The fraction of sp³-hybridized carbons (Fsp3) is 0.304. The average molecular weight is 403 g/mol. The highest BCUT2D eigenvalue weighted by Gasteiger charge is 2.25. The maximum atomic E-state index is 12.3. The van der Waals surface area contributed by atoms with Crippen molar-refractivity contribution in [1.82, 2.24) is 19.2 Å². The highest BCUT2D eigenvalue weighted by atomic mass is 16.5. The molecule has 0 saturated heterocycles. The first-order chi connectivity index (χ1) is 14.5. The van der Waals surface area contributed by atoms with E-state index < -0.39 is 0 Å². The van der Waals surface area contributed by atoms with Crippen molar-refractivity contribution in [2.75, 3.05) is 11.9 Å². The quantitative estimate of drug-likeness (QED) is 0.565. The Morgan fingerprint density at radius 2 is 1.83 bits per heavy atom. The molecule has 0 aliphatic carbocycles. The van der Waals surface area contributed by atoms with Gasteiger partial charge in [0.05, 0.1) is 16.6 Å². The Kier molecular flexibility index (Phi) is 4.47. The largest absolute Gasteiger partial charge is 0.359 e. The van der Waals surface area contributed by atoms with Crippen molar-refractivity contribution in [3.05, 3.63) is 75.4 Å².